The molecule has 4 N–H and O–H groups in total. The fourth-order valence-electron chi connectivity index (χ4n) is 1.68. The normalized spacial score (nSPS) is 10.5. The molecule has 1 amide bonds. The van der Waals surface area contributed by atoms with Gasteiger partial charge in [0.2, 0.25) is 0 Å². The second kappa shape index (κ2) is 6.96. The van der Waals surface area contributed by atoms with Crippen molar-refractivity contribution in [2.45, 2.75) is 32.7 Å². The Kier molecular flexibility index (Phi) is 5.56. The predicted molar refractivity (Wildman–Crippen MR) is 67.8 cm³/mol. The second-order valence-corrected chi connectivity index (χ2v) is 4.04. The first kappa shape index (κ1) is 13.6. The molecule has 0 bridgehead atoms. The van der Waals surface area contributed by atoms with Crippen molar-refractivity contribution in [3.8, 4) is 0 Å². The molecule has 5 heteroatoms. The number of hydrogen-bond donors (Lipinski definition) is 3. The van der Waals surface area contributed by atoms with Crippen molar-refractivity contribution < 1.29 is 9.90 Å². The number of nitrogens with zero attached hydrogens (tertiary/aromatic N) is 1. The highest BCUT2D eigenvalue weighted by Crippen LogP contribution is 2.11. The molecule has 0 fully saturated rings. The Morgan fingerprint density at radius 1 is 1.53 bits per heavy atom. The summed E-state index contributed by atoms with van der Waals surface area (Å²) < 4.78 is 1.87. The summed E-state index contributed by atoms with van der Waals surface area (Å²) in [6.07, 6.45) is 4.23. The average molecular weight is 239 g/mol. The molecule has 0 aliphatic carbocycles. The number of carbonyl (C=O) groups excluding carboxylic acids is 1. The number of nitrogens with two attached hydrogens (primary N) is 1. The van der Waals surface area contributed by atoms with Crippen molar-refractivity contribution in [2.24, 2.45) is 0 Å². The van der Waals surface area contributed by atoms with Gasteiger partial charge in [-0.1, -0.05) is 6.92 Å². The number of anilines is 1. The SMILES string of the molecule is CCCn1cc(N)cc1C(=O)NCCCCO. The second-order valence-electron chi connectivity index (χ2n) is 4.04. The molecule has 0 saturated carbocycles. The van der Waals surface area contributed by atoms with Gasteiger partial charge in [0, 0.05) is 25.9 Å². The van der Waals surface area contributed by atoms with Crippen molar-refractivity contribution in [3.63, 3.8) is 0 Å². The molecule has 5 nitrogen and oxygen atoms in total. The number of nitrogens with one attached hydrogen (secondary N) is 1. The number of aryl methyl sites for hydroxylation is 1. The van der Waals surface area contributed by atoms with Crippen molar-refractivity contribution >= 4 is 11.6 Å². The van der Waals surface area contributed by atoms with Gasteiger partial charge in [0.05, 0.1) is 5.69 Å². The van der Waals surface area contributed by atoms with Gasteiger partial charge >= 0.3 is 0 Å². The third-order valence-corrected chi connectivity index (χ3v) is 2.49. The fraction of sp³-hybridized carbons (Fsp3) is 0.583. The van der Waals surface area contributed by atoms with Gasteiger partial charge in [-0.25, -0.2) is 0 Å². The largest absolute Gasteiger partial charge is 0.397 e. The van der Waals surface area contributed by atoms with E-state index in [1.807, 2.05) is 4.57 Å². The summed E-state index contributed by atoms with van der Waals surface area (Å²) in [7, 11) is 0. The Hall–Kier alpha value is -1.49. The summed E-state index contributed by atoms with van der Waals surface area (Å²) >= 11 is 0. The van der Waals surface area contributed by atoms with Crippen molar-refractivity contribution in [1.82, 2.24) is 9.88 Å². The molecule has 0 aromatic carbocycles. The van der Waals surface area contributed by atoms with E-state index in [4.69, 9.17) is 10.8 Å². The maximum absolute atomic E-state index is 11.9. The molecule has 1 aromatic heterocycles. The summed E-state index contributed by atoms with van der Waals surface area (Å²) in [5.41, 5.74) is 6.91. The van der Waals surface area contributed by atoms with Crippen molar-refractivity contribution in [2.75, 3.05) is 18.9 Å². The van der Waals surface area contributed by atoms with Crippen LogP contribution in [0.4, 0.5) is 5.69 Å². The minimum absolute atomic E-state index is 0.104. The molecule has 0 saturated heterocycles. The molecule has 96 valence electrons. The van der Waals surface area contributed by atoms with Gasteiger partial charge in [0.15, 0.2) is 0 Å². The predicted octanol–water partition coefficient (Wildman–Crippen LogP) is 0.983. The number of aliphatic hydroxyl groups excluding tert-OH is 1. The Balaban J connectivity index is 2.55. The molecule has 1 heterocycles. The highest BCUT2D eigenvalue weighted by molar-refractivity contribution is 5.93. The third kappa shape index (κ3) is 4.11. The first-order chi connectivity index (χ1) is 8.19. The Morgan fingerprint density at radius 2 is 2.29 bits per heavy atom. The van der Waals surface area contributed by atoms with Crippen molar-refractivity contribution in [3.05, 3.63) is 18.0 Å². The van der Waals surface area contributed by atoms with Crippen LogP contribution in [-0.2, 0) is 6.54 Å². The molecule has 0 atom stereocenters. The molecule has 0 unspecified atom stereocenters. The summed E-state index contributed by atoms with van der Waals surface area (Å²) in [5.74, 6) is -0.104. The van der Waals surface area contributed by atoms with Crippen LogP contribution in [0.15, 0.2) is 12.3 Å². The fourth-order valence-corrected chi connectivity index (χ4v) is 1.68. The number of amides is 1. The third-order valence-electron chi connectivity index (χ3n) is 2.49. The number of hydrogen-bond acceptors (Lipinski definition) is 3. The Morgan fingerprint density at radius 3 is 2.94 bits per heavy atom. The monoisotopic (exact) mass is 239 g/mol. The maximum atomic E-state index is 11.9. The molecule has 17 heavy (non-hydrogen) atoms. The lowest BCUT2D eigenvalue weighted by Gasteiger charge is -2.08. The average Bonchev–Trinajstić information content (AvgIpc) is 2.66. The van der Waals surface area contributed by atoms with Crippen LogP contribution in [-0.4, -0.2) is 28.7 Å². The van der Waals surface area contributed by atoms with Gasteiger partial charge < -0.3 is 20.7 Å². The lowest BCUT2D eigenvalue weighted by molar-refractivity contribution is 0.0942. The van der Waals surface area contributed by atoms with Crippen LogP contribution < -0.4 is 11.1 Å². The van der Waals surface area contributed by atoms with Gasteiger partial charge in [-0.05, 0) is 25.3 Å². The van der Waals surface area contributed by atoms with Crippen molar-refractivity contribution in [1.29, 1.82) is 0 Å². The minimum Gasteiger partial charge on any atom is -0.397 e. The zero-order chi connectivity index (χ0) is 12.7. The summed E-state index contributed by atoms with van der Waals surface area (Å²) in [5, 5.41) is 11.5. The number of aliphatic hydroxyl groups is 1. The van der Waals surface area contributed by atoms with E-state index in [1.165, 1.54) is 0 Å². The van der Waals surface area contributed by atoms with Crippen LogP contribution in [0.1, 0.15) is 36.7 Å². The van der Waals surface area contributed by atoms with Crippen LogP contribution in [0.25, 0.3) is 0 Å². The zero-order valence-corrected chi connectivity index (χ0v) is 10.3. The van der Waals surface area contributed by atoms with E-state index in [1.54, 1.807) is 12.3 Å². The van der Waals surface area contributed by atoms with E-state index in [9.17, 15) is 4.79 Å². The number of rotatable bonds is 7. The van der Waals surface area contributed by atoms with Crippen LogP contribution in [0.5, 0.6) is 0 Å². The first-order valence-electron chi connectivity index (χ1n) is 6.03. The van der Waals surface area contributed by atoms with Crippen LogP contribution in [0, 0.1) is 0 Å². The maximum Gasteiger partial charge on any atom is 0.267 e. The Bertz CT molecular complexity index is 361. The molecular weight excluding hydrogens is 218 g/mol. The van der Waals surface area contributed by atoms with Gasteiger partial charge in [-0.2, -0.15) is 0 Å². The molecule has 1 rings (SSSR count). The zero-order valence-electron chi connectivity index (χ0n) is 10.3. The van der Waals surface area contributed by atoms with E-state index in [0.29, 0.717) is 24.3 Å². The first-order valence-corrected chi connectivity index (χ1v) is 6.03. The van der Waals surface area contributed by atoms with Crippen LogP contribution in [0.3, 0.4) is 0 Å². The molecule has 0 radical (unpaired) electrons. The highest BCUT2D eigenvalue weighted by Gasteiger charge is 2.11. The van der Waals surface area contributed by atoms with E-state index in [0.717, 1.165) is 19.4 Å². The van der Waals surface area contributed by atoms with E-state index >= 15 is 0 Å². The molecule has 0 aliphatic heterocycles. The van der Waals surface area contributed by atoms with Gasteiger partial charge in [-0.15, -0.1) is 0 Å². The smallest absolute Gasteiger partial charge is 0.267 e. The Labute approximate surface area is 102 Å². The number of nitrogen functional groups attached to an aromatic ring is 1. The van der Waals surface area contributed by atoms with E-state index < -0.39 is 0 Å². The van der Waals surface area contributed by atoms with Gasteiger partial charge in [0.1, 0.15) is 5.69 Å². The lowest BCUT2D eigenvalue weighted by atomic mass is 10.3. The van der Waals surface area contributed by atoms with Crippen LogP contribution in [0.2, 0.25) is 0 Å². The number of unbranched alkanes of at least 4 members (excludes halogenated alkanes) is 1. The molecule has 0 aliphatic rings. The summed E-state index contributed by atoms with van der Waals surface area (Å²) in [4.78, 5) is 11.9. The summed E-state index contributed by atoms with van der Waals surface area (Å²) in [6.45, 7) is 3.58. The quantitative estimate of drug-likeness (QED) is 0.620. The lowest BCUT2D eigenvalue weighted by Crippen LogP contribution is -2.26. The standard InChI is InChI=1S/C12H21N3O2/c1-2-6-15-9-10(13)8-11(15)12(17)14-5-3-4-7-16/h8-9,16H,2-7,13H2,1H3,(H,14,17). The van der Waals surface area contributed by atoms with E-state index in [-0.39, 0.29) is 12.5 Å². The summed E-state index contributed by atoms with van der Waals surface area (Å²) in [6, 6.07) is 1.69. The highest BCUT2D eigenvalue weighted by atomic mass is 16.2. The molecular formula is C12H21N3O2. The van der Waals surface area contributed by atoms with Gasteiger partial charge in [0.25, 0.3) is 5.91 Å². The topological polar surface area (TPSA) is 80.3 Å². The van der Waals surface area contributed by atoms with Crippen LogP contribution >= 0.6 is 0 Å². The minimum atomic E-state index is -0.104. The van der Waals surface area contributed by atoms with Gasteiger partial charge in [-0.3, -0.25) is 4.79 Å². The number of aromatic nitrogens is 1. The molecule has 1 aromatic rings. The number of carbonyl (C=O) groups is 1. The van der Waals surface area contributed by atoms with E-state index in [2.05, 4.69) is 12.2 Å². The molecule has 0 spiro atoms.